The smallest absolute Gasteiger partial charge is 0.247 e. The van der Waals surface area contributed by atoms with Crippen LogP contribution in [0.5, 0.6) is 5.75 Å². The van der Waals surface area contributed by atoms with Gasteiger partial charge in [0.1, 0.15) is 16.8 Å². The number of fused-ring (bicyclic) bond motifs is 1. The maximum absolute atomic E-state index is 13.4. The van der Waals surface area contributed by atoms with Gasteiger partial charge in [0.2, 0.25) is 10.0 Å². The van der Waals surface area contributed by atoms with Crippen molar-refractivity contribution in [3.05, 3.63) is 90.0 Å². The molecule has 6 heteroatoms. The second-order valence-corrected chi connectivity index (χ2v) is 8.53. The molecule has 3 aromatic rings. The normalized spacial score (nSPS) is 18.1. The lowest BCUT2D eigenvalue weighted by molar-refractivity contribution is 0.343. The molecule has 1 atom stereocenters. The molecule has 0 saturated heterocycles. The zero-order valence-corrected chi connectivity index (χ0v) is 16.4. The molecule has 0 bridgehead atoms. The molecule has 0 amide bonds. The van der Waals surface area contributed by atoms with Crippen molar-refractivity contribution in [1.29, 1.82) is 0 Å². The van der Waals surface area contributed by atoms with Crippen LogP contribution in [0.15, 0.2) is 83.8 Å². The molecular formula is C22H22N2O3S. The third-order valence-corrected chi connectivity index (χ3v) is 6.85. The molecule has 0 spiro atoms. The van der Waals surface area contributed by atoms with Gasteiger partial charge in [-0.3, -0.25) is 0 Å². The first-order valence-corrected chi connectivity index (χ1v) is 10.6. The Bertz CT molecular complexity index is 1070. The van der Waals surface area contributed by atoms with E-state index in [1.165, 1.54) is 4.31 Å². The van der Waals surface area contributed by atoms with E-state index in [4.69, 9.17) is 4.74 Å². The molecule has 0 fully saturated rings. The highest BCUT2D eigenvalue weighted by Crippen LogP contribution is 2.38. The van der Waals surface area contributed by atoms with Crippen molar-refractivity contribution in [3.63, 3.8) is 0 Å². The zero-order valence-electron chi connectivity index (χ0n) is 15.6. The minimum absolute atomic E-state index is 0.308. The Kier molecular flexibility index (Phi) is 5.07. The van der Waals surface area contributed by atoms with Gasteiger partial charge in [-0.05, 0) is 41.8 Å². The van der Waals surface area contributed by atoms with Crippen molar-refractivity contribution in [3.8, 4) is 5.75 Å². The van der Waals surface area contributed by atoms with Gasteiger partial charge in [-0.2, -0.15) is 4.31 Å². The fourth-order valence-corrected chi connectivity index (χ4v) is 5.18. The van der Waals surface area contributed by atoms with E-state index in [-0.39, 0.29) is 0 Å². The Morgan fingerprint density at radius 1 is 0.964 bits per heavy atom. The fraction of sp³-hybridized carbons (Fsp3) is 0.182. The van der Waals surface area contributed by atoms with Gasteiger partial charge in [-0.1, -0.05) is 54.6 Å². The van der Waals surface area contributed by atoms with Crippen molar-refractivity contribution in [1.82, 2.24) is 4.31 Å². The SMILES string of the molecule is COc1cccc([C@H]2Nc3ccccc3S(=O)(=O)N2CCc2ccccc2)c1. The number of nitrogens with one attached hydrogen (secondary N) is 1. The van der Waals surface area contributed by atoms with Gasteiger partial charge >= 0.3 is 0 Å². The van der Waals surface area contributed by atoms with Crippen LogP contribution in [0.1, 0.15) is 17.3 Å². The Labute approximate surface area is 165 Å². The van der Waals surface area contributed by atoms with Crippen LogP contribution in [0.25, 0.3) is 0 Å². The van der Waals surface area contributed by atoms with Gasteiger partial charge in [0.25, 0.3) is 0 Å². The maximum atomic E-state index is 13.4. The van der Waals surface area contributed by atoms with Crippen molar-refractivity contribution in [2.24, 2.45) is 0 Å². The average molecular weight is 394 g/mol. The van der Waals surface area contributed by atoms with Crippen LogP contribution in [-0.4, -0.2) is 26.4 Å². The quantitative estimate of drug-likeness (QED) is 0.709. The highest BCUT2D eigenvalue weighted by atomic mass is 32.2. The third kappa shape index (κ3) is 3.48. The number of para-hydroxylation sites is 1. The molecule has 1 N–H and O–H groups in total. The fourth-order valence-electron chi connectivity index (χ4n) is 3.49. The monoisotopic (exact) mass is 394 g/mol. The van der Waals surface area contributed by atoms with Gasteiger partial charge in [-0.15, -0.1) is 0 Å². The number of anilines is 1. The highest BCUT2D eigenvalue weighted by molar-refractivity contribution is 7.89. The Hall–Kier alpha value is -2.83. The lowest BCUT2D eigenvalue weighted by Crippen LogP contribution is -2.43. The molecule has 1 heterocycles. The average Bonchev–Trinajstić information content (AvgIpc) is 2.73. The van der Waals surface area contributed by atoms with E-state index < -0.39 is 16.2 Å². The number of hydrogen-bond acceptors (Lipinski definition) is 4. The number of ether oxygens (including phenoxy) is 1. The van der Waals surface area contributed by atoms with Crippen molar-refractivity contribution < 1.29 is 13.2 Å². The van der Waals surface area contributed by atoms with Crippen LogP contribution in [0.3, 0.4) is 0 Å². The van der Waals surface area contributed by atoms with E-state index in [9.17, 15) is 8.42 Å². The Morgan fingerprint density at radius 3 is 2.50 bits per heavy atom. The first-order valence-electron chi connectivity index (χ1n) is 9.15. The maximum Gasteiger partial charge on any atom is 0.247 e. The van der Waals surface area contributed by atoms with Crippen molar-refractivity contribution >= 4 is 15.7 Å². The second kappa shape index (κ2) is 7.66. The third-order valence-electron chi connectivity index (χ3n) is 4.93. The number of sulfonamides is 1. The summed E-state index contributed by atoms with van der Waals surface area (Å²) in [5, 5.41) is 3.40. The molecular weight excluding hydrogens is 372 g/mol. The molecule has 0 radical (unpaired) electrons. The van der Waals surface area contributed by atoms with E-state index in [2.05, 4.69) is 5.32 Å². The molecule has 3 aromatic carbocycles. The molecule has 0 unspecified atom stereocenters. The molecule has 0 saturated carbocycles. The van der Waals surface area contributed by atoms with E-state index in [0.29, 0.717) is 29.3 Å². The van der Waals surface area contributed by atoms with E-state index in [0.717, 1.165) is 11.1 Å². The molecule has 0 aliphatic carbocycles. The van der Waals surface area contributed by atoms with E-state index in [1.54, 1.807) is 25.3 Å². The largest absolute Gasteiger partial charge is 0.497 e. The van der Waals surface area contributed by atoms with E-state index >= 15 is 0 Å². The molecule has 1 aliphatic heterocycles. The summed E-state index contributed by atoms with van der Waals surface area (Å²) in [5.74, 6) is 0.693. The number of nitrogens with zero attached hydrogens (tertiary/aromatic N) is 1. The summed E-state index contributed by atoms with van der Waals surface area (Å²) in [6.45, 7) is 0.371. The van der Waals surface area contributed by atoms with Gasteiger partial charge < -0.3 is 10.1 Å². The Balaban J connectivity index is 1.75. The van der Waals surface area contributed by atoms with Crippen LogP contribution in [-0.2, 0) is 16.4 Å². The molecule has 144 valence electrons. The van der Waals surface area contributed by atoms with Crippen LogP contribution >= 0.6 is 0 Å². The second-order valence-electron chi connectivity index (χ2n) is 6.67. The minimum atomic E-state index is -3.64. The van der Waals surface area contributed by atoms with Gasteiger partial charge in [0, 0.05) is 6.54 Å². The summed E-state index contributed by atoms with van der Waals surface area (Å²) in [6, 6.07) is 24.5. The summed E-state index contributed by atoms with van der Waals surface area (Å²) in [4.78, 5) is 0.308. The zero-order chi connectivity index (χ0) is 19.6. The molecule has 4 rings (SSSR count). The molecule has 0 aromatic heterocycles. The van der Waals surface area contributed by atoms with Crippen LogP contribution in [0, 0.1) is 0 Å². The minimum Gasteiger partial charge on any atom is -0.497 e. The lowest BCUT2D eigenvalue weighted by atomic mass is 10.1. The number of methoxy groups -OCH3 is 1. The predicted octanol–water partition coefficient (Wildman–Crippen LogP) is 4.05. The highest BCUT2D eigenvalue weighted by Gasteiger charge is 2.38. The summed E-state index contributed by atoms with van der Waals surface area (Å²) in [5.41, 5.74) is 2.55. The van der Waals surface area contributed by atoms with Crippen molar-refractivity contribution in [2.75, 3.05) is 19.0 Å². The van der Waals surface area contributed by atoms with Crippen LogP contribution in [0.2, 0.25) is 0 Å². The number of benzene rings is 3. The number of rotatable bonds is 5. The van der Waals surface area contributed by atoms with Crippen molar-refractivity contribution in [2.45, 2.75) is 17.5 Å². The summed E-state index contributed by atoms with van der Waals surface area (Å²) in [6.07, 6.45) is 0.128. The summed E-state index contributed by atoms with van der Waals surface area (Å²) in [7, 11) is -2.04. The van der Waals surface area contributed by atoms with Gasteiger partial charge in [0.15, 0.2) is 0 Å². The number of hydrogen-bond donors (Lipinski definition) is 1. The first-order chi connectivity index (χ1) is 13.6. The summed E-state index contributed by atoms with van der Waals surface area (Å²) < 4.78 is 33.7. The first kappa shape index (κ1) is 18.5. The lowest BCUT2D eigenvalue weighted by Gasteiger charge is -2.37. The molecule has 1 aliphatic rings. The van der Waals surface area contributed by atoms with Gasteiger partial charge in [-0.25, -0.2) is 8.42 Å². The predicted molar refractivity (Wildman–Crippen MR) is 110 cm³/mol. The van der Waals surface area contributed by atoms with Crippen LogP contribution < -0.4 is 10.1 Å². The topological polar surface area (TPSA) is 58.6 Å². The van der Waals surface area contributed by atoms with E-state index in [1.807, 2.05) is 60.7 Å². The van der Waals surface area contributed by atoms with Gasteiger partial charge in [0.05, 0.1) is 12.8 Å². The van der Waals surface area contributed by atoms with Crippen LogP contribution in [0.4, 0.5) is 5.69 Å². The standard InChI is InChI=1S/C22H22N2O3S/c1-27-19-11-7-10-18(16-19)22-23-20-12-5-6-13-21(20)28(25,26)24(22)15-14-17-8-3-2-4-9-17/h2-13,16,22-23H,14-15H2,1H3/t22-/m0/s1. The molecule has 5 nitrogen and oxygen atoms in total. The summed E-state index contributed by atoms with van der Waals surface area (Å²) >= 11 is 0. The Morgan fingerprint density at radius 2 is 1.71 bits per heavy atom. The molecule has 28 heavy (non-hydrogen) atoms.